The number of sulfonamides is 1. The van der Waals surface area contributed by atoms with Crippen LogP contribution in [-0.2, 0) is 21.4 Å². The molecule has 0 aliphatic rings. The molecule has 0 aliphatic heterocycles. The van der Waals surface area contributed by atoms with Crippen LogP contribution in [0, 0.1) is 6.92 Å². The standard InChI is InChI=1S/C7H11N3O4S/c1-5-9-6(15(8,13)14)4-10(5)3-2-7(11)12/h4H,2-3H2,1H3,(H,11,12)(H2,8,13,14). The number of carbonyl (C=O) groups is 1. The number of carboxylic acid groups (broad SMARTS) is 1. The third-order valence-electron chi connectivity index (χ3n) is 1.81. The first-order valence-corrected chi connectivity index (χ1v) is 5.63. The summed E-state index contributed by atoms with van der Waals surface area (Å²) in [6.07, 6.45) is 1.13. The van der Waals surface area contributed by atoms with Crippen molar-refractivity contribution < 1.29 is 18.3 Å². The fourth-order valence-corrected chi connectivity index (χ4v) is 1.59. The highest BCUT2D eigenvalue weighted by Crippen LogP contribution is 2.07. The molecule has 0 spiro atoms. The van der Waals surface area contributed by atoms with E-state index >= 15 is 0 Å². The smallest absolute Gasteiger partial charge is 0.305 e. The zero-order chi connectivity index (χ0) is 11.6. The molecule has 1 aromatic heterocycles. The van der Waals surface area contributed by atoms with Crippen LogP contribution in [0.1, 0.15) is 12.2 Å². The van der Waals surface area contributed by atoms with E-state index in [2.05, 4.69) is 4.98 Å². The van der Waals surface area contributed by atoms with E-state index in [1.165, 1.54) is 10.8 Å². The predicted octanol–water partition coefficient (Wildman–Crippen LogP) is -0.686. The van der Waals surface area contributed by atoms with Crippen LogP contribution < -0.4 is 5.14 Å². The lowest BCUT2D eigenvalue weighted by Crippen LogP contribution is -2.12. The summed E-state index contributed by atoms with van der Waals surface area (Å²) >= 11 is 0. The first kappa shape index (κ1) is 11.7. The minimum absolute atomic E-state index is 0.0960. The summed E-state index contributed by atoms with van der Waals surface area (Å²) in [6, 6.07) is 0. The predicted molar refractivity (Wildman–Crippen MR) is 50.6 cm³/mol. The molecule has 0 radical (unpaired) electrons. The van der Waals surface area contributed by atoms with Crippen molar-refractivity contribution in [2.24, 2.45) is 5.14 Å². The van der Waals surface area contributed by atoms with Gasteiger partial charge in [-0.3, -0.25) is 4.79 Å². The highest BCUT2D eigenvalue weighted by atomic mass is 32.2. The van der Waals surface area contributed by atoms with Crippen molar-refractivity contribution in [3.05, 3.63) is 12.0 Å². The number of aliphatic carboxylic acids is 1. The number of hydrogen-bond donors (Lipinski definition) is 2. The van der Waals surface area contributed by atoms with Crippen molar-refractivity contribution in [3.8, 4) is 0 Å². The molecule has 3 N–H and O–H groups in total. The molecule has 0 unspecified atom stereocenters. The maximum atomic E-state index is 10.9. The molecule has 0 aromatic carbocycles. The van der Waals surface area contributed by atoms with Gasteiger partial charge in [0.2, 0.25) is 0 Å². The third kappa shape index (κ3) is 3.03. The van der Waals surface area contributed by atoms with E-state index in [1.54, 1.807) is 6.92 Å². The van der Waals surface area contributed by atoms with E-state index < -0.39 is 16.0 Å². The molecule has 8 heteroatoms. The van der Waals surface area contributed by atoms with E-state index in [4.69, 9.17) is 10.2 Å². The van der Waals surface area contributed by atoms with Gasteiger partial charge in [-0.25, -0.2) is 18.5 Å². The largest absolute Gasteiger partial charge is 0.481 e. The van der Waals surface area contributed by atoms with E-state index in [0.717, 1.165) is 0 Å². The number of hydrogen-bond acceptors (Lipinski definition) is 4. The van der Waals surface area contributed by atoms with E-state index in [0.29, 0.717) is 5.82 Å². The SMILES string of the molecule is Cc1nc(S(N)(=O)=O)cn1CCC(=O)O. The van der Waals surface area contributed by atoms with Crippen LogP contribution in [0.3, 0.4) is 0 Å². The number of primary sulfonamides is 1. The van der Waals surface area contributed by atoms with Crippen molar-refractivity contribution in [1.82, 2.24) is 9.55 Å². The van der Waals surface area contributed by atoms with Crippen molar-refractivity contribution in [3.63, 3.8) is 0 Å². The van der Waals surface area contributed by atoms with Crippen LogP contribution in [0.5, 0.6) is 0 Å². The quantitative estimate of drug-likeness (QED) is 0.714. The van der Waals surface area contributed by atoms with Gasteiger partial charge in [0, 0.05) is 12.7 Å². The molecule has 1 aromatic rings. The number of aromatic nitrogens is 2. The van der Waals surface area contributed by atoms with Gasteiger partial charge in [0.1, 0.15) is 5.82 Å². The van der Waals surface area contributed by atoms with Gasteiger partial charge in [0.25, 0.3) is 10.0 Å². The summed E-state index contributed by atoms with van der Waals surface area (Å²) in [6.45, 7) is 1.75. The highest BCUT2D eigenvalue weighted by molar-refractivity contribution is 7.89. The Morgan fingerprint density at radius 2 is 2.27 bits per heavy atom. The van der Waals surface area contributed by atoms with E-state index in [1.807, 2.05) is 0 Å². The second kappa shape index (κ2) is 3.99. The summed E-state index contributed by atoms with van der Waals surface area (Å²) in [5.74, 6) is -0.541. The van der Waals surface area contributed by atoms with Crippen LogP contribution in [-0.4, -0.2) is 29.0 Å². The molecule has 0 fully saturated rings. The molecule has 1 rings (SSSR count). The maximum Gasteiger partial charge on any atom is 0.305 e. The Hall–Kier alpha value is -1.41. The first-order valence-electron chi connectivity index (χ1n) is 4.09. The number of imidazole rings is 1. The van der Waals surface area contributed by atoms with Crippen molar-refractivity contribution >= 4 is 16.0 Å². The molecule has 84 valence electrons. The topological polar surface area (TPSA) is 115 Å². The lowest BCUT2D eigenvalue weighted by molar-refractivity contribution is -0.137. The second-order valence-corrected chi connectivity index (χ2v) is 4.52. The number of rotatable bonds is 4. The number of aryl methyl sites for hydroxylation is 2. The average Bonchev–Trinajstić information content (AvgIpc) is 2.42. The summed E-state index contributed by atoms with van der Waals surface area (Å²) in [5, 5.41) is 13.1. The minimum atomic E-state index is -3.82. The Bertz CT molecular complexity index is 476. The Balaban J connectivity index is 2.92. The number of carboxylic acids is 1. The molecule has 1 heterocycles. The Kier molecular flexibility index (Phi) is 3.10. The third-order valence-corrected chi connectivity index (χ3v) is 2.59. The number of nitrogens with two attached hydrogens (primary N) is 1. The zero-order valence-corrected chi connectivity index (χ0v) is 8.86. The Morgan fingerprint density at radius 1 is 1.67 bits per heavy atom. The van der Waals surface area contributed by atoms with Gasteiger partial charge in [-0.1, -0.05) is 0 Å². The van der Waals surface area contributed by atoms with Crippen molar-refractivity contribution in [2.45, 2.75) is 24.9 Å². The maximum absolute atomic E-state index is 10.9. The van der Waals surface area contributed by atoms with E-state index in [-0.39, 0.29) is 18.0 Å². The molecule has 7 nitrogen and oxygen atoms in total. The molecular formula is C7H11N3O4S. The second-order valence-electron chi connectivity index (χ2n) is 3.01. The van der Waals surface area contributed by atoms with Gasteiger partial charge in [0.15, 0.2) is 5.03 Å². The van der Waals surface area contributed by atoms with Crippen LogP contribution in [0.15, 0.2) is 11.2 Å². The van der Waals surface area contributed by atoms with Gasteiger partial charge in [-0.2, -0.15) is 0 Å². The van der Waals surface area contributed by atoms with Crippen molar-refractivity contribution in [1.29, 1.82) is 0 Å². The normalized spacial score (nSPS) is 11.6. The van der Waals surface area contributed by atoms with Crippen LogP contribution in [0.4, 0.5) is 0 Å². The van der Waals surface area contributed by atoms with Gasteiger partial charge < -0.3 is 9.67 Å². The lowest BCUT2D eigenvalue weighted by atomic mass is 10.4. The molecule has 0 amide bonds. The molecule has 0 bridgehead atoms. The fourth-order valence-electron chi connectivity index (χ4n) is 1.06. The molecular weight excluding hydrogens is 222 g/mol. The van der Waals surface area contributed by atoms with Crippen LogP contribution in [0.25, 0.3) is 0 Å². The summed E-state index contributed by atoms with van der Waals surface area (Å²) < 4.78 is 23.3. The molecule has 0 saturated carbocycles. The minimum Gasteiger partial charge on any atom is -0.481 e. The summed E-state index contributed by atoms with van der Waals surface area (Å²) in [7, 11) is -3.82. The van der Waals surface area contributed by atoms with Gasteiger partial charge in [-0.05, 0) is 6.92 Å². The molecule has 0 saturated heterocycles. The average molecular weight is 233 g/mol. The van der Waals surface area contributed by atoms with Gasteiger partial charge in [-0.15, -0.1) is 0 Å². The van der Waals surface area contributed by atoms with Gasteiger partial charge in [0.05, 0.1) is 6.42 Å². The molecule has 0 atom stereocenters. The van der Waals surface area contributed by atoms with Gasteiger partial charge >= 0.3 is 5.97 Å². The van der Waals surface area contributed by atoms with Crippen LogP contribution >= 0.6 is 0 Å². The van der Waals surface area contributed by atoms with E-state index in [9.17, 15) is 13.2 Å². The first-order chi connectivity index (χ1) is 6.80. The lowest BCUT2D eigenvalue weighted by Gasteiger charge is -2.00. The summed E-state index contributed by atoms with van der Waals surface area (Å²) in [4.78, 5) is 14.0. The Morgan fingerprint density at radius 3 is 2.67 bits per heavy atom. The summed E-state index contributed by atoms with van der Waals surface area (Å²) in [5.41, 5.74) is 0. The fraction of sp³-hybridized carbons (Fsp3) is 0.429. The zero-order valence-electron chi connectivity index (χ0n) is 8.04. The molecule has 0 aliphatic carbocycles. The monoisotopic (exact) mass is 233 g/mol. The van der Waals surface area contributed by atoms with Crippen molar-refractivity contribution in [2.75, 3.05) is 0 Å². The number of nitrogens with zero attached hydrogens (tertiary/aromatic N) is 2. The Labute approximate surface area is 86.6 Å². The highest BCUT2D eigenvalue weighted by Gasteiger charge is 2.14. The van der Waals surface area contributed by atoms with Crippen LogP contribution in [0.2, 0.25) is 0 Å². The molecule has 15 heavy (non-hydrogen) atoms.